The number of halogens is 3. The second-order valence-corrected chi connectivity index (χ2v) is 10.6. The van der Waals surface area contributed by atoms with E-state index >= 15 is 0 Å². The lowest BCUT2D eigenvalue weighted by Crippen LogP contribution is -2.39. The summed E-state index contributed by atoms with van der Waals surface area (Å²) in [6.45, 7) is 1.87. The zero-order chi connectivity index (χ0) is 25.4. The normalized spacial score (nSPS) is 30.0. The first kappa shape index (κ1) is 24.9. The predicted octanol–water partition coefficient (Wildman–Crippen LogP) is 5.19. The molecule has 0 bridgehead atoms. The first-order valence-corrected chi connectivity index (χ1v) is 12.8. The molecule has 3 aliphatic carbocycles. The molecule has 5 rings (SSSR count). The first-order chi connectivity index (χ1) is 17.2. The summed E-state index contributed by atoms with van der Waals surface area (Å²) >= 11 is 0. The van der Waals surface area contributed by atoms with Gasteiger partial charge in [-0.1, -0.05) is 18.2 Å². The van der Waals surface area contributed by atoms with Crippen LogP contribution in [-0.2, 0) is 20.6 Å². The van der Waals surface area contributed by atoms with Gasteiger partial charge in [-0.05, 0) is 73.3 Å². The van der Waals surface area contributed by atoms with Crippen molar-refractivity contribution >= 4 is 23.2 Å². The average molecular weight is 501 g/mol. The van der Waals surface area contributed by atoms with Crippen LogP contribution in [0.2, 0.25) is 0 Å². The van der Waals surface area contributed by atoms with Gasteiger partial charge in [0.25, 0.3) is 0 Å². The van der Waals surface area contributed by atoms with Crippen molar-refractivity contribution in [2.45, 2.75) is 57.2 Å². The molecule has 1 heterocycles. The number of rotatable bonds is 7. The van der Waals surface area contributed by atoms with E-state index in [9.17, 15) is 27.6 Å². The molecule has 0 spiro atoms. The second kappa shape index (κ2) is 9.96. The van der Waals surface area contributed by atoms with E-state index in [0.29, 0.717) is 30.2 Å². The molecule has 1 aliphatic heterocycles. The molecule has 36 heavy (non-hydrogen) atoms. The minimum atomic E-state index is -4.47. The lowest BCUT2D eigenvalue weighted by Gasteiger charge is -2.36. The summed E-state index contributed by atoms with van der Waals surface area (Å²) < 4.78 is 38.5. The predicted molar refractivity (Wildman–Crippen MR) is 129 cm³/mol. The van der Waals surface area contributed by atoms with Crippen molar-refractivity contribution in [1.29, 1.82) is 0 Å². The van der Waals surface area contributed by atoms with Gasteiger partial charge in [0.05, 0.1) is 5.56 Å². The number of allylic oxidation sites excluding steroid dienone is 4. The van der Waals surface area contributed by atoms with E-state index in [1.807, 2.05) is 6.08 Å². The molecule has 5 nitrogen and oxygen atoms in total. The van der Waals surface area contributed by atoms with Gasteiger partial charge < -0.3 is 5.32 Å². The molecule has 0 radical (unpaired) electrons. The number of ketones is 2. The molecule has 8 heteroatoms. The Kier molecular flexibility index (Phi) is 6.90. The lowest BCUT2D eigenvalue weighted by atomic mass is 9.79. The first-order valence-electron chi connectivity index (χ1n) is 12.8. The van der Waals surface area contributed by atoms with Crippen LogP contribution in [0.25, 0.3) is 0 Å². The molecule has 3 atom stereocenters. The number of alkyl halides is 3. The zero-order valence-corrected chi connectivity index (χ0v) is 20.1. The Hall–Kier alpha value is -2.74. The molecular weight excluding hydrogens is 469 g/mol. The number of carbonyl (C=O) groups is 3. The van der Waals surface area contributed by atoms with Crippen molar-refractivity contribution in [2.75, 3.05) is 18.4 Å². The van der Waals surface area contributed by atoms with Crippen molar-refractivity contribution in [3.63, 3.8) is 0 Å². The number of anilines is 1. The Morgan fingerprint density at radius 2 is 1.72 bits per heavy atom. The van der Waals surface area contributed by atoms with Crippen LogP contribution in [0.4, 0.5) is 18.9 Å². The maximum Gasteiger partial charge on any atom is 0.416 e. The molecule has 1 amide bonds. The summed E-state index contributed by atoms with van der Waals surface area (Å²) in [7, 11) is 0. The van der Waals surface area contributed by atoms with Crippen LogP contribution in [-0.4, -0.2) is 41.5 Å². The number of likely N-dealkylation sites (tertiary alicyclic amines) is 1. The van der Waals surface area contributed by atoms with Crippen LogP contribution in [0.1, 0.15) is 50.5 Å². The quantitative estimate of drug-likeness (QED) is 0.560. The number of hydrogen-bond donors (Lipinski definition) is 1. The molecular formula is C28H31F3N2O3. The second-order valence-electron chi connectivity index (χ2n) is 10.6. The van der Waals surface area contributed by atoms with Crippen LogP contribution in [0.5, 0.6) is 0 Å². The number of fused-ring (bicyclic) bond motifs is 1. The molecule has 1 unspecified atom stereocenters. The SMILES string of the molecule is O=C1C=CC(C2CCC(N3C[C@@H]4C(C(=O)CCC(=O)Nc5cccc(C(F)(F)F)c5)[C@@H]4C3)CC2)=CC1. The summed E-state index contributed by atoms with van der Waals surface area (Å²) in [5.74, 6) is 1.13. The molecule has 192 valence electrons. The van der Waals surface area contributed by atoms with Crippen molar-refractivity contribution in [2.24, 2.45) is 23.7 Å². The third-order valence-corrected chi connectivity index (χ3v) is 8.35. The van der Waals surface area contributed by atoms with Gasteiger partial charge in [0, 0.05) is 50.0 Å². The third-order valence-electron chi connectivity index (χ3n) is 8.35. The molecule has 2 saturated carbocycles. The molecule has 1 aromatic rings. The average Bonchev–Trinajstić information content (AvgIpc) is 3.36. The fourth-order valence-electron chi connectivity index (χ4n) is 6.36. The molecule has 0 aromatic heterocycles. The van der Waals surface area contributed by atoms with Crippen LogP contribution in [0.15, 0.2) is 48.1 Å². The van der Waals surface area contributed by atoms with Gasteiger partial charge in [0.15, 0.2) is 5.78 Å². The maximum atomic E-state index is 12.8. The monoisotopic (exact) mass is 500 g/mol. The summed E-state index contributed by atoms with van der Waals surface area (Å²) in [5, 5.41) is 2.47. The summed E-state index contributed by atoms with van der Waals surface area (Å²) in [5.41, 5.74) is 0.569. The van der Waals surface area contributed by atoms with Crippen LogP contribution < -0.4 is 5.32 Å². The van der Waals surface area contributed by atoms with Crippen molar-refractivity contribution in [3.05, 3.63) is 53.6 Å². The van der Waals surface area contributed by atoms with E-state index in [-0.39, 0.29) is 36.0 Å². The highest BCUT2D eigenvalue weighted by molar-refractivity contribution is 5.95. The number of piperidine rings is 1. The maximum absolute atomic E-state index is 12.8. The fourth-order valence-corrected chi connectivity index (χ4v) is 6.36. The van der Waals surface area contributed by atoms with Crippen molar-refractivity contribution in [1.82, 2.24) is 4.90 Å². The minimum Gasteiger partial charge on any atom is -0.326 e. The fraction of sp³-hybridized carbons (Fsp3) is 0.536. The molecule has 4 aliphatic rings. The number of Topliss-reactive ketones (excluding diaryl/α,β-unsaturated/α-hetero) is 1. The summed E-state index contributed by atoms with van der Waals surface area (Å²) in [6, 6.07) is 5.06. The van der Waals surface area contributed by atoms with Gasteiger partial charge in [-0.15, -0.1) is 0 Å². The number of hydrogen-bond acceptors (Lipinski definition) is 4. The number of carbonyl (C=O) groups excluding carboxylic acids is 3. The Labute approximate surface area is 208 Å². The van der Waals surface area contributed by atoms with Gasteiger partial charge >= 0.3 is 6.18 Å². The highest BCUT2D eigenvalue weighted by Crippen LogP contribution is 2.54. The lowest BCUT2D eigenvalue weighted by molar-refractivity contribution is -0.137. The van der Waals surface area contributed by atoms with Gasteiger partial charge in [-0.2, -0.15) is 13.2 Å². The Bertz CT molecular complexity index is 1090. The van der Waals surface area contributed by atoms with E-state index in [1.165, 1.54) is 17.7 Å². The van der Waals surface area contributed by atoms with E-state index in [2.05, 4.69) is 16.3 Å². The number of benzene rings is 1. The van der Waals surface area contributed by atoms with Crippen molar-refractivity contribution in [3.8, 4) is 0 Å². The zero-order valence-electron chi connectivity index (χ0n) is 20.1. The highest BCUT2D eigenvalue weighted by atomic mass is 19.4. The van der Waals surface area contributed by atoms with Crippen molar-refractivity contribution < 1.29 is 27.6 Å². The van der Waals surface area contributed by atoms with E-state index < -0.39 is 17.6 Å². The van der Waals surface area contributed by atoms with Crippen LogP contribution in [0, 0.1) is 23.7 Å². The Morgan fingerprint density at radius 1 is 1.00 bits per heavy atom. The standard InChI is InChI=1S/C28H31F3N2O3/c29-28(30,31)19-2-1-3-20(14-19)32-26(36)13-12-25(35)27-23-15-33(16-24(23)27)21-8-4-17(5-9-21)18-6-10-22(34)11-7-18/h1-3,6-7,10,14,17,21,23-24,27H,4-5,8-9,11-13,15-16H2,(H,32,36)/t17?,21?,23-,24+,27?. The summed E-state index contributed by atoms with van der Waals surface area (Å²) in [4.78, 5) is 38.8. The van der Waals surface area contributed by atoms with Gasteiger partial charge in [-0.3, -0.25) is 19.3 Å². The van der Waals surface area contributed by atoms with Crippen LogP contribution in [0.3, 0.4) is 0 Å². The van der Waals surface area contributed by atoms with E-state index in [4.69, 9.17) is 0 Å². The Balaban J connectivity index is 1.03. The molecule has 1 saturated heterocycles. The van der Waals surface area contributed by atoms with Gasteiger partial charge in [0.1, 0.15) is 5.78 Å². The highest BCUT2D eigenvalue weighted by Gasteiger charge is 2.59. The topological polar surface area (TPSA) is 66.5 Å². The number of nitrogens with one attached hydrogen (secondary N) is 1. The van der Waals surface area contributed by atoms with Gasteiger partial charge in [-0.25, -0.2) is 0 Å². The van der Waals surface area contributed by atoms with Crippen LogP contribution >= 0.6 is 0 Å². The molecule has 1 N–H and O–H groups in total. The van der Waals surface area contributed by atoms with E-state index in [0.717, 1.165) is 50.9 Å². The van der Waals surface area contributed by atoms with E-state index in [1.54, 1.807) is 6.08 Å². The largest absolute Gasteiger partial charge is 0.416 e. The minimum absolute atomic E-state index is 0.0192. The Morgan fingerprint density at radius 3 is 2.36 bits per heavy atom. The molecule has 1 aromatic carbocycles. The summed E-state index contributed by atoms with van der Waals surface area (Å²) in [6.07, 6.45) is 6.44. The number of nitrogens with zero attached hydrogens (tertiary/aromatic N) is 1. The third kappa shape index (κ3) is 5.48. The number of amides is 1. The molecule has 3 fully saturated rings. The smallest absolute Gasteiger partial charge is 0.326 e. The van der Waals surface area contributed by atoms with Gasteiger partial charge in [0.2, 0.25) is 5.91 Å².